The van der Waals surface area contributed by atoms with Gasteiger partial charge in [0.1, 0.15) is 41.9 Å². The van der Waals surface area contributed by atoms with E-state index < -0.39 is 183 Å². The maximum absolute atomic E-state index is 14.5. The van der Waals surface area contributed by atoms with Crippen LogP contribution in [-0.2, 0) is 54.1 Å². The summed E-state index contributed by atoms with van der Waals surface area (Å²) < 4.78 is 14.3. The standard InChI is InChI=1S/C40H60N8O20S.Na/c1-16-14-48-31(32(16)56)36(60)42-13-19(50)10-21(43-39(63)65-40(3,4)5)33(57)44-28(17(2)49)37(61)47-15-20(51)11-22(47)34(58)45-29(35(59)46-30(38(48)62)25(54)12-27(41)55)24(53)8-18-6-7-23(52)26(9-18)66-69-68-67-64;/h6-7,9,16-17,19-22,24-25,28-32,49-54,56,64H,8,10-15H2,1-5H3,(H2,41,55)(H,42,60)(H,43,63)(H,44,57)(H,45,58)(H,46,59);/q;+1/p-1/t16-,17+,19+,20+,21-,22-,24+,25+,28-,29-,30-,31-,32-;/m0./s1. The average Bonchev–Trinajstić information content (AvgIpc) is 3.79. The van der Waals surface area contributed by atoms with Gasteiger partial charge in [-0.15, -0.1) is 4.33 Å². The van der Waals surface area contributed by atoms with Gasteiger partial charge in [-0.3, -0.25) is 38.6 Å². The van der Waals surface area contributed by atoms with E-state index in [1.165, 1.54) is 33.8 Å². The van der Waals surface area contributed by atoms with Gasteiger partial charge < -0.3 is 92.0 Å². The number of nitrogens with two attached hydrogens (primary N) is 1. The number of fused-ring (bicyclic) bond motifs is 2. The summed E-state index contributed by atoms with van der Waals surface area (Å²) >= 11 is -0.00498. The number of carbonyl (C=O) groups is 8. The Balaban J connectivity index is 0.0000130. The van der Waals surface area contributed by atoms with Gasteiger partial charge in [0, 0.05) is 44.8 Å². The number of alkyl carbamates (subject to hydrolysis) is 1. The molecule has 30 heteroatoms. The molecule has 0 aromatic heterocycles. The molecule has 0 aliphatic carbocycles. The zero-order valence-electron chi connectivity index (χ0n) is 39.0. The zero-order valence-corrected chi connectivity index (χ0v) is 41.8. The van der Waals surface area contributed by atoms with Gasteiger partial charge in [0.25, 0.3) is 12.3 Å². The first-order valence-electron chi connectivity index (χ1n) is 21.5. The van der Waals surface area contributed by atoms with E-state index in [2.05, 4.69) is 36.0 Å². The number of aromatic hydroxyl groups is 1. The average molecular weight is 1030 g/mol. The van der Waals surface area contributed by atoms with Gasteiger partial charge in [0.2, 0.25) is 41.4 Å². The molecule has 8 amide bonds. The van der Waals surface area contributed by atoms with E-state index in [0.717, 1.165) is 28.9 Å². The number of nitrogens with one attached hydrogen (secondary N) is 5. The second-order valence-corrected chi connectivity index (χ2v) is 18.4. The molecule has 28 nitrogen and oxygen atoms in total. The van der Waals surface area contributed by atoms with E-state index >= 15 is 0 Å². The minimum atomic E-state index is -2.20. The van der Waals surface area contributed by atoms with E-state index in [0.29, 0.717) is 0 Å². The SMILES string of the molecule is C[C@@H](O)[C@@H]1NC(=O)[C@@H](NC(=O)OC(C)(C)C)C[C@@H](O)CNC(=O)[C@@H]2[C@@H](O)[C@@H](C)CN2C(=O)[C@H]([C@H](O)CC(N)=O)NC(=O)[C@H]([C@H](O)Cc2ccc(O)c(OSOO[O-])c2)NC(=O)[C@@H]2C[C@@H](O)CN2C1=O.[Na+]. The third-order valence-electron chi connectivity index (χ3n) is 11.2. The van der Waals surface area contributed by atoms with Crippen LogP contribution in [0.1, 0.15) is 59.4 Å². The van der Waals surface area contributed by atoms with Crippen LogP contribution in [0.5, 0.6) is 11.5 Å². The number of hydrogen-bond acceptors (Lipinski definition) is 21. The van der Waals surface area contributed by atoms with Crippen molar-refractivity contribution in [2.45, 2.75) is 139 Å². The molecule has 3 aliphatic rings. The largest absolute Gasteiger partial charge is 1.00 e. The van der Waals surface area contributed by atoms with Crippen LogP contribution in [-0.4, -0.2) is 191 Å². The Hall–Kier alpha value is -4.63. The molecule has 0 saturated carbocycles. The Kier molecular flexibility index (Phi) is 22.3. The maximum Gasteiger partial charge on any atom is 1.00 e. The van der Waals surface area contributed by atoms with Gasteiger partial charge in [-0.1, -0.05) is 13.0 Å². The van der Waals surface area contributed by atoms with Crippen LogP contribution >= 0.6 is 12.3 Å². The van der Waals surface area contributed by atoms with Crippen LogP contribution in [0.2, 0.25) is 0 Å². The number of carbonyl (C=O) groups excluding carboxylic acids is 8. The van der Waals surface area contributed by atoms with Crippen molar-refractivity contribution in [2.24, 2.45) is 11.7 Å². The normalized spacial score (nSPS) is 28.8. The van der Waals surface area contributed by atoms with Gasteiger partial charge in [-0.05, 0) is 45.4 Å². The van der Waals surface area contributed by atoms with E-state index in [9.17, 15) is 79.4 Å². The Morgan fingerprint density at radius 2 is 1.51 bits per heavy atom. The van der Waals surface area contributed by atoms with E-state index in [-0.39, 0.29) is 53.2 Å². The number of rotatable bonds is 12. The van der Waals surface area contributed by atoms with Crippen molar-refractivity contribution in [3.8, 4) is 11.5 Å². The molecule has 70 heavy (non-hydrogen) atoms. The number of aliphatic hydroxyl groups excluding tert-OH is 6. The molecule has 3 saturated heterocycles. The van der Waals surface area contributed by atoms with Crippen LogP contribution in [0.4, 0.5) is 4.79 Å². The van der Waals surface area contributed by atoms with Gasteiger partial charge >= 0.3 is 35.7 Å². The Bertz CT molecular complexity index is 2050. The van der Waals surface area contributed by atoms with Crippen LogP contribution in [0.25, 0.3) is 0 Å². The summed E-state index contributed by atoms with van der Waals surface area (Å²) in [4.78, 5) is 112. The van der Waals surface area contributed by atoms with Crippen molar-refractivity contribution in [2.75, 3.05) is 19.6 Å². The molecular weight excluding hydrogens is 968 g/mol. The molecule has 0 radical (unpaired) electrons. The number of phenolic OH excluding ortho intramolecular Hbond substituents is 1. The van der Waals surface area contributed by atoms with Crippen molar-refractivity contribution in [3.63, 3.8) is 0 Å². The van der Waals surface area contributed by atoms with Crippen molar-refractivity contribution in [3.05, 3.63) is 23.8 Å². The fraction of sp³-hybridized carbons (Fsp3) is 0.650. The van der Waals surface area contributed by atoms with E-state index in [4.69, 9.17) is 14.7 Å². The van der Waals surface area contributed by atoms with Gasteiger partial charge in [0.15, 0.2) is 11.5 Å². The van der Waals surface area contributed by atoms with Crippen molar-refractivity contribution in [1.82, 2.24) is 36.4 Å². The number of nitrogens with zero attached hydrogens (tertiary/aromatic N) is 2. The molecule has 4 rings (SSSR count). The molecule has 1 aromatic rings. The summed E-state index contributed by atoms with van der Waals surface area (Å²) in [5.41, 5.74) is 4.32. The Morgan fingerprint density at radius 3 is 2.13 bits per heavy atom. The number of benzene rings is 1. The Morgan fingerprint density at radius 1 is 0.886 bits per heavy atom. The van der Waals surface area contributed by atoms with Crippen molar-refractivity contribution >= 4 is 59.8 Å². The van der Waals surface area contributed by atoms with E-state index in [1.807, 2.05) is 0 Å². The minimum absolute atomic E-state index is 0. The van der Waals surface area contributed by atoms with Crippen molar-refractivity contribution < 1.29 is 127 Å². The number of ether oxygens (including phenoxy) is 1. The second kappa shape index (κ2) is 26.2. The molecular formula is C40H59N8NaO20S. The summed E-state index contributed by atoms with van der Waals surface area (Å²) in [6.07, 6.45) is -14.6. The molecule has 3 fully saturated rings. The van der Waals surface area contributed by atoms with Gasteiger partial charge in [-0.25, -0.2) is 4.79 Å². The zero-order chi connectivity index (χ0) is 51.7. The summed E-state index contributed by atoms with van der Waals surface area (Å²) in [5, 5.41) is 102. The number of β-amino-alcohol motifs (C(OH)–C–C–N with tert-alkyl or cyclic N) is 1. The van der Waals surface area contributed by atoms with Crippen LogP contribution in [0, 0.1) is 5.92 Å². The molecule has 0 spiro atoms. The van der Waals surface area contributed by atoms with E-state index in [1.54, 1.807) is 0 Å². The van der Waals surface area contributed by atoms with Crippen LogP contribution < -0.4 is 71.3 Å². The first-order valence-corrected chi connectivity index (χ1v) is 22.2. The van der Waals surface area contributed by atoms with Gasteiger partial charge in [-0.2, -0.15) is 0 Å². The number of amides is 8. The third kappa shape index (κ3) is 16.2. The first-order chi connectivity index (χ1) is 32.2. The summed E-state index contributed by atoms with van der Waals surface area (Å²) in [6.45, 7) is 5.42. The monoisotopic (exact) mass is 1030 g/mol. The smallest absolute Gasteiger partial charge is 0.691 e. The van der Waals surface area contributed by atoms with Crippen LogP contribution in [0.15, 0.2) is 18.2 Å². The minimum Gasteiger partial charge on any atom is -0.691 e. The van der Waals surface area contributed by atoms with Crippen molar-refractivity contribution in [1.29, 1.82) is 0 Å². The summed E-state index contributed by atoms with van der Waals surface area (Å²) in [6, 6.07) is -8.12. The molecule has 3 heterocycles. The molecule has 13 atom stereocenters. The number of aliphatic hydroxyl groups is 6. The number of primary amides is 1. The molecule has 386 valence electrons. The number of phenols is 1. The molecule has 3 aliphatic heterocycles. The predicted molar refractivity (Wildman–Crippen MR) is 229 cm³/mol. The fourth-order valence-electron chi connectivity index (χ4n) is 7.87. The third-order valence-corrected chi connectivity index (χ3v) is 11.5. The Labute approximate surface area is 426 Å². The molecule has 1 aromatic carbocycles. The first kappa shape index (κ1) is 59.7. The predicted octanol–water partition coefficient (Wildman–Crippen LogP) is -9.52. The number of hydrogen-bond donors (Lipinski definition) is 13. The fourth-order valence-corrected chi connectivity index (χ4v) is 8.12. The summed E-state index contributed by atoms with van der Waals surface area (Å²) in [5.74, 6) is -10.2. The topological polar surface area (TPSA) is 431 Å². The molecule has 0 bridgehead atoms. The maximum atomic E-state index is 14.5. The second-order valence-electron chi connectivity index (χ2n) is 17.9. The van der Waals surface area contributed by atoms with Gasteiger partial charge in [0.05, 0.1) is 43.0 Å². The molecule has 0 unspecified atom stereocenters. The van der Waals surface area contributed by atoms with Crippen LogP contribution in [0.3, 0.4) is 0 Å². The summed E-state index contributed by atoms with van der Waals surface area (Å²) in [7, 11) is 0. The quantitative estimate of drug-likeness (QED) is 0.0304. The molecule has 14 N–H and O–H groups in total.